The molecule has 0 aliphatic rings. The number of rotatable bonds is 4. The van der Waals surface area contributed by atoms with E-state index < -0.39 is 30.1 Å². The summed E-state index contributed by atoms with van der Waals surface area (Å²) in [4.78, 5) is 10.5. The van der Waals surface area contributed by atoms with Crippen molar-refractivity contribution in [1.29, 1.82) is 0 Å². The van der Waals surface area contributed by atoms with E-state index >= 15 is 0 Å². The van der Waals surface area contributed by atoms with Crippen LogP contribution in [0.2, 0.25) is 0 Å². The third-order valence-electron chi connectivity index (χ3n) is 2.11. The summed E-state index contributed by atoms with van der Waals surface area (Å²) in [6.07, 6.45) is -0.426. The summed E-state index contributed by atoms with van der Waals surface area (Å²) in [5, 5.41) is 8.55. The lowest BCUT2D eigenvalue weighted by atomic mass is 10.0. The molecule has 0 spiro atoms. The molecule has 0 aromatic heterocycles. The maximum absolute atomic E-state index is 13.5. The molecule has 0 radical (unpaired) electrons. The predicted octanol–water partition coefficient (Wildman–Crippen LogP) is 0.928. The number of nitrogens with two attached hydrogens (primary N) is 1. The van der Waals surface area contributed by atoms with E-state index in [0.29, 0.717) is 0 Å². The second-order valence-electron chi connectivity index (χ2n) is 3.19. The van der Waals surface area contributed by atoms with E-state index in [1.807, 2.05) is 0 Å². The number of hydrogen-bond donors (Lipinski definition) is 2. The molecule has 1 atom stereocenters. The number of aliphatic carboxylic acids is 1. The van der Waals surface area contributed by atoms with Crippen molar-refractivity contribution in [1.82, 2.24) is 0 Å². The topological polar surface area (TPSA) is 72.5 Å². The van der Waals surface area contributed by atoms with E-state index in [9.17, 15) is 13.6 Å². The van der Waals surface area contributed by atoms with Gasteiger partial charge in [-0.2, -0.15) is 0 Å². The van der Waals surface area contributed by atoms with Gasteiger partial charge in [-0.15, -0.1) is 0 Å². The molecule has 0 amide bonds. The first-order chi connectivity index (χ1) is 7.47. The normalized spacial score (nSPS) is 12.2. The Morgan fingerprint density at radius 2 is 2.19 bits per heavy atom. The summed E-state index contributed by atoms with van der Waals surface area (Å²) in [6, 6.07) is 0.780. The van der Waals surface area contributed by atoms with E-state index in [4.69, 9.17) is 10.8 Å². The molecule has 3 N–H and O–H groups in total. The number of halogens is 2. The Bertz CT molecular complexity index is 409. The molecular formula is C10H11F2NO3. The average molecular weight is 231 g/mol. The Labute approximate surface area is 90.6 Å². The van der Waals surface area contributed by atoms with E-state index in [1.165, 1.54) is 7.11 Å². The summed E-state index contributed by atoms with van der Waals surface area (Å²) < 4.78 is 31.4. The van der Waals surface area contributed by atoms with Crippen LogP contribution in [0.4, 0.5) is 8.78 Å². The van der Waals surface area contributed by atoms with Crippen molar-refractivity contribution in [2.45, 2.75) is 12.5 Å². The molecule has 0 saturated heterocycles. The minimum atomic E-state index is -1.35. The average Bonchev–Trinajstić information content (AvgIpc) is 2.24. The van der Waals surface area contributed by atoms with Gasteiger partial charge < -0.3 is 15.6 Å². The Balaban J connectivity index is 3.07. The van der Waals surface area contributed by atoms with Gasteiger partial charge in [0.25, 0.3) is 0 Å². The largest absolute Gasteiger partial charge is 0.494 e. The van der Waals surface area contributed by atoms with Crippen LogP contribution >= 0.6 is 0 Å². The first-order valence-electron chi connectivity index (χ1n) is 4.46. The van der Waals surface area contributed by atoms with Gasteiger partial charge >= 0.3 is 5.97 Å². The summed E-state index contributed by atoms with van der Waals surface area (Å²) in [5.74, 6) is -3.22. The van der Waals surface area contributed by atoms with Crippen LogP contribution in [-0.4, -0.2) is 24.2 Å². The van der Waals surface area contributed by atoms with E-state index in [2.05, 4.69) is 4.74 Å². The van der Waals surface area contributed by atoms with Crippen molar-refractivity contribution in [3.8, 4) is 5.75 Å². The highest BCUT2D eigenvalue weighted by molar-refractivity contribution is 5.73. The highest BCUT2D eigenvalue weighted by atomic mass is 19.1. The van der Waals surface area contributed by atoms with Crippen LogP contribution in [0.5, 0.6) is 5.75 Å². The SMILES string of the molecule is COc1ccc(F)c(C[C@H](N)C(=O)O)c1F. The fraction of sp³-hybridized carbons (Fsp3) is 0.300. The molecule has 1 rings (SSSR count). The van der Waals surface area contributed by atoms with Crippen LogP contribution < -0.4 is 10.5 Å². The summed E-state index contributed by atoms with van der Waals surface area (Å²) in [5.41, 5.74) is 4.82. The van der Waals surface area contributed by atoms with Gasteiger partial charge in [-0.05, 0) is 12.1 Å². The second kappa shape index (κ2) is 4.89. The molecular weight excluding hydrogens is 220 g/mol. The Hall–Kier alpha value is -1.69. The van der Waals surface area contributed by atoms with Crippen molar-refractivity contribution in [3.63, 3.8) is 0 Å². The van der Waals surface area contributed by atoms with Gasteiger partial charge in [0.2, 0.25) is 0 Å². The Kier molecular flexibility index (Phi) is 3.78. The van der Waals surface area contributed by atoms with Crippen molar-refractivity contribution >= 4 is 5.97 Å². The molecule has 1 aromatic rings. The molecule has 1 aromatic carbocycles. The zero-order chi connectivity index (χ0) is 12.3. The van der Waals surface area contributed by atoms with E-state index in [1.54, 1.807) is 0 Å². The smallest absolute Gasteiger partial charge is 0.320 e. The zero-order valence-corrected chi connectivity index (χ0v) is 8.54. The highest BCUT2D eigenvalue weighted by Gasteiger charge is 2.20. The van der Waals surface area contributed by atoms with Gasteiger partial charge in [0.1, 0.15) is 11.9 Å². The first kappa shape index (κ1) is 12.4. The van der Waals surface area contributed by atoms with Gasteiger partial charge in [-0.3, -0.25) is 4.79 Å². The maximum atomic E-state index is 13.5. The third-order valence-corrected chi connectivity index (χ3v) is 2.11. The number of carboxylic acid groups (broad SMARTS) is 1. The van der Waals surface area contributed by atoms with Gasteiger partial charge in [-0.1, -0.05) is 0 Å². The van der Waals surface area contributed by atoms with E-state index in [-0.39, 0.29) is 11.3 Å². The van der Waals surface area contributed by atoms with E-state index in [0.717, 1.165) is 12.1 Å². The van der Waals surface area contributed by atoms with Crippen molar-refractivity contribution in [3.05, 3.63) is 29.3 Å². The summed E-state index contributed by atoms with van der Waals surface area (Å²) in [7, 11) is 1.23. The fourth-order valence-corrected chi connectivity index (χ4v) is 1.23. The maximum Gasteiger partial charge on any atom is 0.320 e. The highest BCUT2D eigenvalue weighted by Crippen LogP contribution is 2.23. The van der Waals surface area contributed by atoms with Gasteiger partial charge in [-0.25, -0.2) is 8.78 Å². The molecule has 0 unspecified atom stereocenters. The zero-order valence-electron chi connectivity index (χ0n) is 8.54. The number of methoxy groups -OCH3 is 1. The van der Waals surface area contributed by atoms with Gasteiger partial charge in [0, 0.05) is 12.0 Å². The number of benzene rings is 1. The quantitative estimate of drug-likeness (QED) is 0.808. The summed E-state index contributed by atoms with van der Waals surface area (Å²) >= 11 is 0. The van der Waals surface area contributed by atoms with Crippen LogP contribution in [0.15, 0.2) is 12.1 Å². The minimum absolute atomic E-state index is 0.144. The lowest BCUT2D eigenvalue weighted by Crippen LogP contribution is -2.33. The van der Waals surface area contributed by atoms with Crippen molar-refractivity contribution < 1.29 is 23.4 Å². The molecule has 0 saturated carbocycles. The first-order valence-corrected chi connectivity index (χ1v) is 4.46. The molecule has 0 fully saturated rings. The number of hydrogen-bond acceptors (Lipinski definition) is 3. The fourth-order valence-electron chi connectivity index (χ4n) is 1.23. The third kappa shape index (κ3) is 2.46. The van der Waals surface area contributed by atoms with Crippen LogP contribution in [0.25, 0.3) is 0 Å². The van der Waals surface area contributed by atoms with Crippen LogP contribution in [0, 0.1) is 11.6 Å². The molecule has 88 valence electrons. The van der Waals surface area contributed by atoms with Crippen LogP contribution in [-0.2, 0) is 11.2 Å². The minimum Gasteiger partial charge on any atom is -0.494 e. The monoisotopic (exact) mass is 231 g/mol. The van der Waals surface area contributed by atoms with Crippen molar-refractivity contribution in [2.24, 2.45) is 5.73 Å². The van der Waals surface area contributed by atoms with Gasteiger partial charge in [0.15, 0.2) is 11.6 Å². The lowest BCUT2D eigenvalue weighted by molar-refractivity contribution is -0.138. The number of carboxylic acids is 1. The van der Waals surface area contributed by atoms with Gasteiger partial charge in [0.05, 0.1) is 7.11 Å². The number of carbonyl (C=O) groups is 1. The van der Waals surface area contributed by atoms with Crippen LogP contribution in [0.1, 0.15) is 5.56 Å². The predicted molar refractivity (Wildman–Crippen MR) is 52.2 cm³/mol. The molecule has 16 heavy (non-hydrogen) atoms. The molecule has 0 bridgehead atoms. The van der Waals surface area contributed by atoms with Crippen molar-refractivity contribution in [2.75, 3.05) is 7.11 Å². The molecule has 4 nitrogen and oxygen atoms in total. The number of ether oxygens (including phenoxy) is 1. The van der Waals surface area contributed by atoms with Crippen LogP contribution in [0.3, 0.4) is 0 Å². The molecule has 0 heterocycles. The second-order valence-corrected chi connectivity index (χ2v) is 3.19. The molecule has 6 heteroatoms. The Morgan fingerprint density at radius 1 is 1.56 bits per heavy atom. The molecule has 0 aliphatic heterocycles. The molecule has 0 aliphatic carbocycles. The standard InChI is InChI=1S/C10H11F2NO3/c1-16-8-3-2-6(11)5(9(8)12)4-7(13)10(14)15/h2-3,7H,4,13H2,1H3,(H,14,15)/t7-/m0/s1. The lowest BCUT2D eigenvalue weighted by Gasteiger charge is -2.10. The Morgan fingerprint density at radius 3 is 2.69 bits per heavy atom. The summed E-state index contributed by atoms with van der Waals surface area (Å²) in [6.45, 7) is 0.